The minimum atomic E-state index is 0.579. The standard InChI is InChI=1S/C10H20N2/c1-2-7-12-8-3-4-10(12)5-6-11-9-10/h11H,2-9H2,1H3. The van der Waals surface area contributed by atoms with Gasteiger partial charge in [0.1, 0.15) is 0 Å². The maximum absolute atomic E-state index is 3.50. The van der Waals surface area contributed by atoms with Gasteiger partial charge in [-0.1, -0.05) is 6.92 Å². The molecule has 1 spiro atoms. The van der Waals surface area contributed by atoms with Crippen LogP contribution in [0.4, 0.5) is 0 Å². The second kappa shape index (κ2) is 3.35. The lowest BCUT2D eigenvalue weighted by Crippen LogP contribution is -2.45. The van der Waals surface area contributed by atoms with Gasteiger partial charge in [0.2, 0.25) is 0 Å². The summed E-state index contributed by atoms with van der Waals surface area (Å²) in [5.41, 5.74) is 0.579. The number of nitrogens with one attached hydrogen (secondary N) is 1. The maximum atomic E-state index is 3.50. The first-order chi connectivity index (χ1) is 5.87. The van der Waals surface area contributed by atoms with Crippen LogP contribution in [0, 0.1) is 0 Å². The number of hydrogen-bond acceptors (Lipinski definition) is 2. The predicted octanol–water partition coefficient (Wildman–Crippen LogP) is 1.22. The minimum Gasteiger partial charge on any atom is -0.315 e. The summed E-state index contributed by atoms with van der Waals surface area (Å²) >= 11 is 0. The summed E-state index contributed by atoms with van der Waals surface area (Å²) in [6, 6.07) is 0. The van der Waals surface area contributed by atoms with Crippen molar-refractivity contribution in [1.29, 1.82) is 0 Å². The van der Waals surface area contributed by atoms with Crippen LogP contribution in [0.5, 0.6) is 0 Å². The van der Waals surface area contributed by atoms with E-state index >= 15 is 0 Å². The zero-order valence-electron chi connectivity index (χ0n) is 8.10. The Balaban J connectivity index is 2.01. The van der Waals surface area contributed by atoms with Crippen LogP contribution in [-0.2, 0) is 0 Å². The highest BCUT2D eigenvalue weighted by Gasteiger charge is 2.42. The molecule has 0 aromatic carbocycles. The second-order valence-corrected chi connectivity index (χ2v) is 4.24. The predicted molar refractivity (Wildman–Crippen MR) is 51.3 cm³/mol. The highest BCUT2D eigenvalue weighted by molar-refractivity contribution is 5.01. The largest absolute Gasteiger partial charge is 0.315 e. The van der Waals surface area contributed by atoms with Gasteiger partial charge < -0.3 is 5.32 Å². The molecule has 0 aromatic rings. The van der Waals surface area contributed by atoms with E-state index in [1.807, 2.05) is 0 Å². The zero-order chi connectivity index (χ0) is 8.44. The molecule has 70 valence electrons. The van der Waals surface area contributed by atoms with Gasteiger partial charge in [-0.3, -0.25) is 4.90 Å². The number of nitrogens with zero attached hydrogens (tertiary/aromatic N) is 1. The van der Waals surface area contributed by atoms with Gasteiger partial charge >= 0.3 is 0 Å². The molecular formula is C10H20N2. The molecule has 2 heteroatoms. The lowest BCUT2D eigenvalue weighted by atomic mass is 9.95. The average Bonchev–Trinajstić information content (AvgIpc) is 2.66. The summed E-state index contributed by atoms with van der Waals surface area (Å²) in [6.45, 7) is 7.42. The van der Waals surface area contributed by atoms with Crippen LogP contribution in [0.3, 0.4) is 0 Å². The third-order valence-corrected chi connectivity index (χ3v) is 3.46. The van der Waals surface area contributed by atoms with Crippen molar-refractivity contribution in [3.05, 3.63) is 0 Å². The second-order valence-electron chi connectivity index (χ2n) is 4.24. The van der Waals surface area contributed by atoms with Gasteiger partial charge in [-0.05, 0) is 45.3 Å². The first-order valence-electron chi connectivity index (χ1n) is 5.33. The molecule has 1 N–H and O–H groups in total. The van der Waals surface area contributed by atoms with Crippen LogP contribution < -0.4 is 5.32 Å². The quantitative estimate of drug-likeness (QED) is 0.667. The fourth-order valence-electron chi connectivity index (χ4n) is 2.83. The van der Waals surface area contributed by atoms with E-state index in [2.05, 4.69) is 17.1 Å². The molecule has 2 saturated heterocycles. The van der Waals surface area contributed by atoms with E-state index < -0.39 is 0 Å². The maximum Gasteiger partial charge on any atom is 0.0346 e. The summed E-state index contributed by atoms with van der Waals surface area (Å²) in [4.78, 5) is 2.72. The summed E-state index contributed by atoms with van der Waals surface area (Å²) in [5.74, 6) is 0. The van der Waals surface area contributed by atoms with E-state index in [4.69, 9.17) is 0 Å². The summed E-state index contributed by atoms with van der Waals surface area (Å²) in [5, 5.41) is 3.50. The van der Waals surface area contributed by atoms with Gasteiger partial charge in [0.05, 0.1) is 0 Å². The Morgan fingerprint density at radius 2 is 2.33 bits per heavy atom. The number of hydrogen-bond donors (Lipinski definition) is 1. The minimum absolute atomic E-state index is 0.579. The lowest BCUT2D eigenvalue weighted by Gasteiger charge is -2.34. The Labute approximate surface area is 75.3 Å². The van der Waals surface area contributed by atoms with Crippen LogP contribution in [0.15, 0.2) is 0 Å². The molecule has 0 amide bonds. The van der Waals surface area contributed by atoms with E-state index in [9.17, 15) is 0 Å². The molecule has 0 aromatic heterocycles. The third-order valence-electron chi connectivity index (χ3n) is 3.46. The Morgan fingerprint density at radius 3 is 3.00 bits per heavy atom. The molecule has 2 fully saturated rings. The highest BCUT2D eigenvalue weighted by Crippen LogP contribution is 2.34. The first kappa shape index (κ1) is 8.52. The molecule has 0 bridgehead atoms. The molecule has 1 atom stereocenters. The molecule has 2 nitrogen and oxygen atoms in total. The van der Waals surface area contributed by atoms with Gasteiger partial charge in [0.25, 0.3) is 0 Å². The van der Waals surface area contributed by atoms with Crippen LogP contribution >= 0.6 is 0 Å². The Bertz CT molecular complexity index is 144. The van der Waals surface area contributed by atoms with Crippen molar-refractivity contribution in [3.63, 3.8) is 0 Å². The van der Waals surface area contributed by atoms with Crippen LogP contribution in [0.25, 0.3) is 0 Å². The number of rotatable bonds is 2. The fraction of sp³-hybridized carbons (Fsp3) is 1.00. The van der Waals surface area contributed by atoms with Crippen molar-refractivity contribution in [3.8, 4) is 0 Å². The molecule has 2 heterocycles. The molecule has 0 saturated carbocycles. The van der Waals surface area contributed by atoms with Crippen LogP contribution in [0.2, 0.25) is 0 Å². The fourth-order valence-corrected chi connectivity index (χ4v) is 2.83. The van der Waals surface area contributed by atoms with E-state index in [0.717, 1.165) is 0 Å². The van der Waals surface area contributed by atoms with E-state index in [1.165, 1.54) is 51.9 Å². The lowest BCUT2D eigenvalue weighted by molar-refractivity contribution is 0.157. The van der Waals surface area contributed by atoms with Gasteiger partial charge in [0, 0.05) is 12.1 Å². The van der Waals surface area contributed by atoms with Crippen molar-refractivity contribution >= 4 is 0 Å². The van der Waals surface area contributed by atoms with E-state index in [0.29, 0.717) is 5.54 Å². The number of likely N-dealkylation sites (tertiary alicyclic amines) is 1. The Kier molecular flexibility index (Phi) is 2.37. The summed E-state index contributed by atoms with van der Waals surface area (Å²) < 4.78 is 0. The summed E-state index contributed by atoms with van der Waals surface area (Å²) in [6.07, 6.45) is 5.54. The molecule has 2 aliphatic heterocycles. The van der Waals surface area contributed by atoms with Crippen molar-refractivity contribution in [2.24, 2.45) is 0 Å². The van der Waals surface area contributed by atoms with Crippen molar-refractivity contribution in [2.75, 3.05) is 26.2 Å². The SMILES string of the molecule is CCCN1CCCC12CCNC2. The Morgan fingerprint density at radius 1 is 1.42 bits per heavy atom. The van der Waals surface area contributed by atoms with Gasteiger partial charge in [-0.2, -0.15) is 0 Å². The van der Waals surface area contributed by atoms with Gasteiger partial charge in [-0.15, -0.1) is 0 Å². The molecule has 12 heavy (non-hydrogen) atoms. The van der Waals surface area contributed by atoms with Crippen LogP contribution in [-0.4, -0.2) is 36.6 Å². The van der Waals surface area contributed by atoms with Crippen molar-refractivity contribution in [1.82, 2.24) is 10.2 Å². The highest BCUT2D eigenvalue weighted by atomic mass is 15.3. The smallest absolute Gasteiger partial charge is 0.0346 e. The first-order valence-corrected chi connectivity index (χ1v) is 5.33. The molecule has 0 aliphatic carbocycles. The molecule has 2 rings (SSSR count). The monoisotopic (exact) mass is 168 g/mol. The van der Waals surface area contributed by atoms with E-state index in [-0.39, 0.29) is 0 Å². The topological polar surface area (TPSA) is 15.3 Å². The third kappa shape index (κ3) is 1.27. The van der Waals surface area contributed by atoms with Crippen molar-refractivity contribution < 1.29 is 0 Å². The van der Waals surface area contributed by atoms with Gasteiger partial charge in [-0.25, -0.2) is 0 Å². The van der Waals surface area contributed by atoms with Crippen LogP contribution in [0.1, 0.15) is 32.6 Å². The molecule has 1 unspecified atom stereocenters. The Hall–Kier alpha value is -0.0800. The van der Waals surface area contributed by atoms with E-state index in [1.54, 1.807) is 0 Å². The normalized spacial score (nSPS) is 36.8. The van der Waals surface area contributed by atoms with Crippen molar-refractivity contribution in [2.45, 2.75) is 38.1 Å². The molecule has 0 radical (unpaired) electrons. The molecular weight excluding hydrogens is 148 g/mol. The zero-order valence-corrected chi connectivity index (χ0v) is 8.10. The molecule has 2 aliphatic rings. The summed E-state index contributed by atoms with van der Waals surface area (Å²) in [7, 11) is 0. The average molecular weight is 168 g/mol. The van der Waals surface area contributed by atoms with Gasteiger partial charge in [0.15, 0.2) is 0 Å².